The third-order valence-electron chi connectivity index (χ3n) is 3.45. The van der Waals surface area contributed by atoms with E-state index in [2.05, 4.69) is 41.5 Å². The smallest absolute Gasteiger partial charge is 0.118 e. The minimum Gasteiger partial charge on any atom is -0.385 e. The molecule has 0 fully saturated rings. The lowest BCUT2D eigenvalue weighted by molar-refractivity contribution is 0.158. The van der Waals surface area contributed by atoms with Crippen LogP contribution in [0.25, 0.3) is 0 Å². The lowest BCUT2D eigenvalue weighted by atomic mass is 10.5. The van der Waals surface area contributed by atoms with Crippen molar-refractivity contribution in [2.75, 3.05) is 25.7 Å². The average molecular weight is 232 g/mol. The van der Waals surface area contributed by atoms with Crippen molar-refractivity contribution in [3.63, 3.8) is 0 Å². The maximum absolute atomic E-state index is 5.70. The molecule has 0 aromatic heterocycles. The molecule has 0 heterocycles. The van der Waals surface area contributed by atoms with Gasteiger partial charge in [-0.15, -0.1) is 0 Å². The molecule has 0 rings (SSSR count). The Labute approximate surface area is 96.4 Å². The summed E-state index contributed by atoms with van der Waals surface area (Å²) in [4.78, 5) is 0. The van der Waals surface area contributed by atoms with Gasteiger partial charge >= 0.3 is 0 Å². The van der Waals surface area contributed by atoms with E-state index in [4.69, 9.17) is 9.47 Å². The summed E-state index contributed by atoms with van der Waals surface area (Å²) in [6.07, 6.45) is 1.89. The Morgan fingerprint density at radius 2 is 1.13 bits per heavy atom. The quantitative estimate of drug-likeness (QED) is 0.597. The van der Waals surface area contributed by atoms with Gasteiger partial charge in [0.15, 0.2) is 0 Å². The summed E-state index contributed by atoms with van der Waals surface area (Å²) in [5.41, 5.74) is 1.44. The van der Waals surface area contributed by atoms with Gasteiger partial charge in [0.2, 0.25) is 0 Å². The predicted molar refractivity (Wildman–Crippen MR) is 68.9 cm³/mol. The maximum Gasteiger partial charge on any atom is 0.118 e. The molecule has 0 aliphatic carbocycles. The highest BCUT2D eigenvalue weighted by Crippen LogP contribution is 2.32. The number of hydrogen-bond donors (Lipinski definition) is 0. The van der Waals surface area contributed by atoms with E-state index in [1.165, 1.54) is 0 Å². The number of ether oxygens (including phenoxy) is 2. The van der Waals surface area contributed by atoms with Crippen LogP contribution in [0.3, 0.4) is 0 Å². The molecule has 0 amide bonds. The van der Waals surface area contributed by atoms with Crippen LogP contribution in [0.5, 0.6) is 0 Å². The van der Waals surface area contributed by atoms with Gasteiger partial charge in [-0.2, -0.15) is 0 Å². The van der Waals surface area contributed by atoms with Crippen LogP contribution in [0.4, 0.5) is 0 Å². The summed E-state index contributed by atoms with van der Waals surface area (Å²) in [6, 6.07) is 0. The lowest BCUT2D eigenvalue weighted by Gasteiger charge is -2.38. The van der Waals surface area contributed by atoms with Gasteiger partial charge in [0.25, 0.3) is 0 Å². The zero-order valence-electron chi connectivity index (χ0n) is 11.3. The van der Waals surface area contributed by atoms with Crippen LogP contribution < -0.4 is 0 Å². The maximum atomic E-state index is 5.70. The highest BCUT2D eigenvalue weighted by molar-refractivity contribution is 6.82. The summed E-state index contributed by atoms with van der Waals surface area (Å²) in [5, 5.41) is 0. The zero-order chi connectivity index (χ0) is 11.9. The average Bonchev–Trinajstić information content (AvgIpc) is 2.17. The van der Waals surface area contributed by atoms with E-state index < -0.39 is 8.07 Å². The second-order valence-corrected chi connectivity index (χ2v) is 10.2. The predicted octanol–water partition coefficient (Wildman–Crippen LogP) is 3.41. The Hall–Kier alpha value is 0.137. The van der Waals surface area contributed by atoms with Gasteiger partial charge in [-0.3, -0.25) is 0 Å². The molecule has 92 valence electrons. The van der Waals surface area contributed by atoms with Gasteiger partial charge in [0.05, 0.1) is 0 Å². The summed E-state index contributed by atoms with van der Waals surface area (Å²) in [7, 11) is -1.44. The van der Waals surface area contributed by atoms with Crippen molar-refractivity contribution in [2.45, 2.75) is 52.6 Å². The molecule has 0 aromatic rings. The lowest BCUT2D eigenvalue weighted by Crippen LogP contribution is -2.51. The molecular weight excluding hydrogens is 204 g/mol. The van der Waals surface area contributed by atoms with Crippen molar-refractivity contribution in [2.24, 2.45) is 0 Å². The van der Waals surface area contributed by atoms with E-state index in [0.29, 0.717) is 0 Å². The van der Waals surface area contributed by atoms with Crippen molar-refractivity contribution in [1.82, 2.24) is 0 Å². The molecular formula is C12H28O2Si. The van der Waals surface area contributed by atoms with E-state index in [0.717, 1.165) is 36.8 Å². The summed E-state index contributed by atoms with van der Waals surface area (Å²) in [6.45, 7) is 15.1. The SMILES string of the molecule is CCOC[Si](COCC)(C(C)C)C(C)C. The molecule has 0 saturated carbocycles. The van der Waals surface area contributed by atoms with Crippen molar-refractivity contribution in [3.05, 3.63) is 0 Å². The van der Waals surface area contributed by atoms with E-state index in [1.807, 2.05) is 0 Å². The Morgan fingerprint density at radius 1 is 0.800 bits per heavy atom. The Kier molecular flexibility index (Phi) is 7.48. The highest BCUT2D eigenvalue weighted by Gasteiger charge is 2.40. The molecule has 0 aliphatic rings. The highest BCUT2D eigenvalue weighted by atomic mass is 28.3. The topological polar surface area (TPSA) is 18.5 Å². The van der Waals surface area contributed by atoms with Crippen LogP contribution >= 0.6 is 0 Å². The summed E-state index contributed by atoms with van der Waals surface area (Å²) >= 11 is 0. The van der Waals surface area contributed by atoms with E-state index in [9.17, 15) is 0 Å². The Bertz CT molecular complexity index is 140. The van der Waals surface area contributed by atoms with Crippen LogP contribution in [-0.4, -0.2) is 33.7 Å². The molecule has 0 atom stereocenters. The first kappa shape index (κ1) is 15.1. The molecule has 0 spiro atoms. The third-order valence-corrected chi connectivity index (χ3v) is 9.53. The van der Waals surface area contributed by atoms with Gasteiger partial charge in [-0.05, 0) is 24.9 Å². The molecule has 0 aromatic carbocycles. The second kappa shape index (κ2) is 7.42. The molecule has 3 heteroatoms. The van der Waals surface area contributed by atoms with Crippen molar-refractivity contribution >= 4 is 8.07 Å². The van der Waals surface area contributed by atoms with Gasteiger partial charge in [0.1, 0.15) is 8.07 Å². The molecule has 2 nitrogen and oxygen atoms in total. The minimum absolute atomic E-state index is 0.718. The van der Waals surface area contributed by atoms with Crippen LogP contribution in [0.2, 0.25) is 11.1 Å². The Morgan fingerprint density at radius 3 is 1.33 bits per heavy atom. The van der Waals surface area contributed by atoms with E-state index in [1.54, 1.807) is 0 Å². The number of hydrogen-bond acceptors (Lipinski definition) is 2. The molecule has 0 radical (unpaired) electrons. The molecule has 0 N–H and O–H groups in total. The van der Waals surface area contributed by atoms with Gasteiger partial charge < -0.3 is 9.47 Å². The van der Waals surface area contributed by atoms with Gasteiger partial charge in [0, 0.05) is 25.7 Å². The molecule has 15 heavy (non-hydrogen) atoms. The van der Waals surface area contributed by atoms with E-state index >= 15 is 0 Å². The first-order valence-corrected chi connectivity index (χ1v) is 8.73. The number of rotatable bonds is 8. The molecule has 0 unspecified atom stereocenters. The van der Waals surface area contributed by atoms with Crippen molar-refractivity contribution < 1.29 is 9.47 Å². The normalized spacial score (nSPS) is 12.8. The Balaban J connectivity index is 4.57. The second-order valence-electron chi connectivity index (χ2n) is 4.82. The fourth-order valence-electron chi connectivity index (χ4n) is 1.96. The van der Waals surface area contributed by atoms with Crippen LogP contribution in [0.1, 0.15) is 41.5 Å². The third kappa shape index (κ3) is 4.25. The molecule has 0 aliphatic heterocycles. The first-order chi connectivity index (χ1) is 7.01. The van der Waals surface area contributed by atoms with Crippen molar-refractivity contribution in [1.29, 1.82) is 0 Å². The van der Waals surface area contributed by atoms with Gasteiger partial charge in [-0.25, -0.2) is 0 Å². The summed E-state index contributed by atoms with van der Waals surface area (Å²) in [5.74, 6) is 0. The van der Waals surface area contributed by atoms with E-state index in [-0.39, 0.29) is 0 Å². The fraction of sp³-hybridized carbons (Fsp3) is 1.00. The van der Waals surface area contributed by atoms with Crippen LogP contribution in [0, 0.1) is 0 Å². The van der Waals surface area contributed by atoms with Gasteiger partial charge in [-0.1, -0.05) is 27.7 Å². The van der Waals surface area contributed by atoms with Crippen molar-refractivity contribution in [3.8, 4) is 0 Å². The summed E-state index contributed by atoms with van der Waals surface area (Å²) < 4.78 is 11.4. The minimum atomic E-state index is -1.44. The van der Waals surface area contributed by atoms with Crippen LogP contribution in [0.15, 0.2) is 0 Å². The molecule has 0 bridgehead atoms. The van der Waals surface area contributed by atoms with Crippen LogP contribution in [-0.2, 0) is 9.47 Å². The standard InChI is InChI=1S/C12H28O2Si/c1-7-13-9-15(11(3)4,12(5)6)10-14-8-2/h11-12H,7-10H2,1-6H3. The molecule has 0 saturated heterocycles. The monoisotopic (exact) mass is 232 g/mol. The first-order valence-electron chi connectivity index (χ1n) is 6.16. The fourth-order valence-corrected chi connectivity index (χ4v) is 5.88. The zero-order valence-corrected chi connectivity index (χ0v) is 12.3. The largest absolute Gasteiger partial charge is 0.385 e.